The largest absolute Gasteiger partial charge is 0.487 e. The number of carboxylic acid groups (broad SMARTS) is 1. The number of rotatable bonds is 7. The van der Waals surface area contributed by atoms with Crippen LogP contribution in [-0.4, -0.2) is 22.6 Å². The standard InChI is InChI=1S/C16H15NO5/c18-16(19)13-8-9-15(14(11-13)17(20)21)22-10-4-7-12-5-2-1-3-6-12/h1-3,5-6,8-9,11H,4,7,10H2,(H,18,19). The van der Waals surface area contributed by atoms with Gasteiger partial charge >= 0.3 is 11.7 Å². The lowest BCUT2D eigenvalue weighted by atomic mass is 10.1. The molecule has 0 unspecified atom stereocenters. The Labute approximate surface area is 127 Å². The molecule has 0 aliphatic heterocycles. The van der Waals surface area contributed by atoms with Gasteiger partial charge in [0.25, 0.3) is 0 Å². The van der Waals surface area contributed by atoms with E-state index in [4.69, 9.17) is 9.84 Å². The van der Waals surface area contributed by atoms with Gasteiger partial charge in [0, 0.05) is 6.07 Å². The molecule has 0 bridgehead atoms. The Hall–Kier alpha value is -2.89. The molecule has 0 atom stereocenters. The molecule has 2 aromatic carbocycles. The van der Waals surface area contributed by atoms with Crippen molar-refractivity contribution in [2.24, 2.45) is 0 Å². The van der Waals surface area contributed by atoms with Gasteiger partial charge in [-0.15, -0.1) is 0 Å². The molecule has 2 rings (SSSR count). The molecule has 0 heterocycles. The number of carboxylic acids is 1. The third-order valence-electron chi connectivity index (χ3n) is 3.11. The molecule has 0 aromatic heterocycles. The lowest BCUT2D eigenvalue weighted by Gasteiger charge is -2.07. The van der Waals surface area contributed by atoms with Crippen LogP contribution >= 0.6 is 0 Å². The maximum Gasteiger partial charge on any atom is 0.335 e. The predicted molar refractivity (Wildman–Crippen MR) is 80.3 cm³/mol. The van der Waals surface area contributed by atoms with E-state index in [9.17, 15) is 14.9 Å². The highest BCUT2D eigenvalue weighted by atomic mass is 16.6. The average molecular weight is 301 g/mol. The SMILES string of the molecule is O=C(O)c1ccc(OCCCc2ccccc2)c([N+](=O)[O-])c1. The van der Waals surface area contributed by atoms with E-state index in [1.807, 2.05) is 30.3 Å². The highest BCUT2D eigenvalue weighted by molar-refractivity contribution is 5.88. The number of carbonyl (C=O) groups is 1. The first-order valence-corrected chi connectivity index (χ1v) is 6.76. The number of nitrogens with zero attached hydrogens (tertiary/aromatic N) is 1. The van der Waals surface area contributed by atoms with Crippen LogP contribution in [0.4, 0.5) is 5.69 Å². The molecular weight excluding hydrogens is 286 g/mol. The predicted octanol–water partition coefficient (Wildman–Crippen LogP) is 3.30. The van der Waals surface area contributed by atoms with Gasteiger partial charge in [0.1, 0.15) is 0 Å². The Balaban J connectivity index is 1.97. The van der Waals surface area contributed by atoms with Crippen molar-refractivity contribution in [3.8, 4) is 5.75 Å². The number of nitro benzene ring substituents is 1. The van der Waals surface area contributed by atoms with Crippen molar-refractivity contribution in [3.05, 3.63) is 69.8 Å². The highest BCUT2D eigenvalue weighted by Crippen LogP contribution is 2.28. The zero-order chi connectivity index (χ0) is 15.9. The van der Waals surface area contributed by atoms with Crippen LogP contribution in [0.2, 0.25) is 0 Å². The molecule has 0 fully saturated rings. The van der Waals surface area contributed by atoms with Crippen LogP contribution in [0.3, 0.4) is 0 Å². The molecule has 0 spiro atoms. The van der Waals surface area contributed by atoms with Gasteiger partial charge in [0.05, 0.1) is 17.1 Å². The van der Waals surface area contributed by atoms with Crippen LogP contribution < -0.4 is 4.74 Å². The Morgan fingerprint density at radius 2 is 1.91 bits per heavy atom. The van der Waals surface area contributed by atoms with Gasteiger partial charge in [-0.05, 0) is 30.5 Å². The summed E-state index contributed by atoms with van der Waals surface area (Å²) in [7, 11) is 0. The number of ether oxygens (including phenoxy) is 1. The molecule has 0 aliphatic carbocycles. The maximum atomic E-state index is 11.0. The molecule has 1 N–H and O–H groups in total. The molecule has 22 heavy (non-hydrogen) atoms. The summed E-state index contributed by atoms with van der Waals surface area (Å²) in [5.41, 5.74) is 0.699. The van der Waals surface area contributed by atoms with Crippen molar-refractivity contribution in [1.29, 1.82) is 0 Å². The fourth-order valence-corrected chi connectivity index (χ4v) is 2.02. The minimum absolute atomic E-state index is 0.0862. The second-order valence-electron chi connectivity index (χ2n) is 4.68. The van der Waals surface area contributed by atoms with E-state index in [-0.39, 0.29) is 17.0 Å². The van der Waals surface area contributed by atoms with Crippen molar-refractivity contribution < 1.29 is 19.6 Å². The Kier molecular flexibility index (Phi) is 5.08. The van der Waals surface area contributed by atoms with Gasteiger partial charge in [-0.25, -0.2) is 4.79 Å². The molecule has 6 nitrogen and oxygen atoms in total. The summed E-state index contributed by atoms with van der Waals surface area (Å²) < 4.78 is 5.42. The van der Waals surface area contributed by atoms with Crippen LogP contribution in [0.15, 0.2) is 48.5 Å². The lowest BCUT2D eigenvalue weighted by molar-refractivity contribution is -0.385. The number of hydrogen-bond donors (Lipinski definition) is 1. The highest BCUT2D eigenvalue weighted by Gasteiger charge is 2.18. The quantitative estimate of drug-likeness (QED) is 0.481. The minimum atomic E-state index is -1.21. The number of aromatic carboxylic acids is 1. The van der Waals surface area contributed by atoms with Gasteiger partial charge in [0.2, 0.25) is 0 Å². The topological polar surface area (TPSA) is 89.7 Å². The monoisotopic (exact) mass is 301 g/mol. The van der Waals surface area contributed by atoms with E-state index in [2.05, 4.69) is 0 Å². The van der Waals surface area contributed by atoms with Crippen molar-refractivity contribution >= 4 is 11.7 Å². The molecule has 2 aromatic rings. The van der Waals surface area contributed by atoms with Gasteiger partial charge in [0.15, 0.2) is 5.75 Å². The first-order valence-electron chi connectivity index (χ1n) is 6.76. The fourth-order valence-electron chi connectivity index (χ4n) is 2.02. The zero-order valence-electron chi connectivity index (χ0n) is 11.8. The van der Waals surface area contributed by atoms with Gasteiger partial charge in [-0.3, -0.25) is 10.1 Å². The molecule has 6 heteroatoms. The van der Waals surface area contributed by atoms with Crippen LogP contribution in [0.1, 0.15) is 22.3 Å². The van der Waals surface area contributed by atoms with E-state index < -0.39 is 10.9 Å². The summed E-state index contributed by atoms with van der Waals surface area (Å²) in [4.78, 5) is 21.2. The maximum absolute atomic E-state index is 11.0. The number of aryl methyl sites for hydroxylation is 1. The molecule has 0 aliphatic rings. The van der Waals surface area contributed by atoms with Crippen molar-refractivity contribution in [2.45, 2.75) is 12.8 Å². The summed E-state index contributed by atoms with van der Waals surface area (Å²) in [6.45, 7) is 0.322. The van der Waals surface area contributed by atoms with E-state index in [0.29, 0.717) is 13.0 Å². The Bertz CT molecular complexity index is 669. The Morgan fingerprint density at radius 3 is 2.55 bits per heavy atom. The number of benzene rings is 2. The van der Waals surface area contributed by atoms with Crippen molar-refractivity contribution in [1.82, 2.24) is 0 Å². The normalized spacial score (nSPS) is 10.2. The Morgan fingerprint density at radius 1 is 1.18 bits per heavy atom. The molecular formula is C16H15NO5. The third-order valence-corrected chi connectivity index (χ3v) is 3.11. The van der Waals surface area contributed by atoms with E-state index in [0.717, 1.165) is 12.5 Å². The third kappa shape index (κ3) is 4.05. The van der Waals surface area contributed by atoms with Crippen molar-refractivity contribution in [2.75, 3.05) is 6.61 Å². The summed E-state index contributed by atoms with van der Waals surface area (Å²) in [5.74, 6) is -1.12. The zero-order valence-corrected chi connectivity index (χ0v) is 11.8. The van der Waals surface area contributed by atoms with E-state index in [1.165, 1.54) is 17.7 Å². The van der Waals surface area contributed by atoms with Crippen LogP contribution in [0.25, 0.3) is 0 Å². The molecule has 114 valence electrons. The minimum Gasteiger partial charge on any atom is -0.487 e. The van der Waals surface area contributed by atoms with E-state index >= 15 is 0 Å². The summed E-state index contributed by atoms with van der Waals surface area (Å²) in [5, 5.41) is 19.8. The van der Waals surface area contributed by atoms with Gasteiger partial charge in [-0.2, -0.15) is 0 Å². The second-order valence-corrected chi connectivity index (χ2v) is 4.68. The first kappa shape index (κ1) is 15.5. The van der Waals surface area contributed by atoms with Gasteiger partial charge < -0.3 is 9.84 Å². The lowest BCUT2D eigenvalue weighted by Crippen LogP contribution is -2.04. The van der Waals surface area contributed by atoms with Crippen molar-refractivity contribution in [3.63, 3.8) is 0 Å². The molecule has 0 saturated carbocycles. The summed E-state index contributed by atoms with van der Waals surface area (Å²) in [6, 6.07) is 13.5. The first-order chi connectivity index (χ1) is 10.6. The fraction of sp³-hybridized carbons (Fsp3) is 0.188. The number of nitro groups is 1. The van der Waals surface area contributed by atoms with Crippen LogP contribution in [0, 0.1) is 10.1 Å². The molecule has 0 radical (unpaired) electrons. The molecule has 0 amide bonds. The second kappa shape index (κ2) is 7.21. The summed E-state index contributed by atoms with van der Waals surface area (Å²) in [6.07, 6.45) is 1.52. The van der Waals surface area contributed by atoms with Crippen LogP contribution in [-0.2, 0) is 6.42 Å². The van der Waals surface area contributed by atoms with Gasteiger partial charge in [-0.1, -0.05) is 30.3 Å². The molecule has 0 saturated heterocycles. The van der Waals surface area contributed by atoms with E-state index in [1.54, 1.807) is 0 Å². The van der Waals surface area contributed by atoms with Crippen LogP contribution in [0.5, 0.6) is 5.75 Å². The number of hydrogen-bond acceptors (Lipinski definition) is 4. The smallest absolute Gasteiger partial charge is 0.335 e. The average Bonchev–Trinajstić information content (AvgIpc) is 2.52. The summed E-state index contributed by atoms with van der Waals surface area (Å²) >= 11 is 0.